The number of benzene rings is 1. The number of hydrogen-bond acceptors (Lipinski definition) is 5. The summed E-state index contributed by atoms with van der Waals surface area (Å²) in [7, 11) is 1.91. The first-order chi connectivity index (χ1) is 11.1. The Hall–Kier alpha value is -2.25. The van der Waals surface area contributed by atoms with Gasteiger partial charge in [0, 0.05) is 25.0 Å². The number of nitrogens with zero attached hydrogens (tertiary/aromatic N) is 4. The average Bonchev–Trinajstić information content (AvgIpc) is 3.11. The van der Waals surface area contributed by atoms with Crippen LogP contribution in [0.25, 0.3) is 33.0 Å². The van der Waals surface area contributed by atoms with E-state index in [1.54, 1.807) is 17.5 Å². The molecule has 3 heterocycles. The van der Waals surface area contributed by atoms with Crippen molar-refractivity contribution in [1.29, 1.82) is 0 Å². The highest BCUT2D eigenvalue weighted by atomic mass is 79.9. The lowest BCUT2D eigenvalue weighted by atomic mass is 10.1. The van der Waals surface area contributed by atoms with E-state index in [1.807, 2.05) is 36.0 Å². The lowest BCUT2D eigenvalue weighted by molar-refractivity contribution is 0.910. The molecule has 7 heteroatoms. The van der Waals surface area contributed by atoms with E-state index in [2.05, 4.69) is 43.0 Å². The molecule has 3 aromatic heterocycles. The summed E-state index contributed by atoms with van der Waals surface area (Å²) in [6.45, 7) is 0. The maximum Gasteiger partial charge on any atom is 0.199 e. The summed E-state index contributed by atoms with van der Waals surface area (Å²) in [4.78, 5) is 14.3. The fraction of sp³-hybridized carbons (Fsp3) is 0.0625. The third-order valence-electron chi connectivity index (χ3n) is 3.62. The Bertz CT molecular complexity index is 1010. The minimum absolute atomic E-state index is 0.466. The average molecular weight is 386 g/mol. The van der Waals surface area contributed by atoms with E-state index in [1.165, 1.54) is 0 Å². The first-order valence-corrected chi connectivity index (χ1v) is 8.54. The highest BCUT2D eigenvalue weighted by molar-refractivity contribution is 9.11. The van der Waals surface area contributed by atoms with Crippen molar-refractivity contribution in [1.82, 2.24) is 19.5 Å². The van der Waals surface area contributed by atoms with Crippen LogP contribution in [-0.2, 0) is 7.05 Å². The topological polar surface area (TPSA) is 69.6 Å². The van der Waals surface area contributed by atoms with Gasteiger partial charge in [-0.1, -0.05) is 30.3 Å². The molecule has 4 rings (SSSR count). The van der Waals surface area contributed by atoms with Crippen molar-refractivity contribution in [2.45, 2.75) is 0 Å². The Morgan fingerprint density at radius 1 is 1.17 bits per heavy atom. The highest BCUT2D eigenvalue weighted by Gasteiger charge is 2.19. The largest absolute Gasteiger partial charge is 0.383 e. The molecule has 4 aromatic rings. The predicted molar refractivity (Wildman–Crippen MR) is 97.2 cm³/mol. The van der Waals surface area contributed by atoms with E-state index < -0.39 is 0 Å². The third-order valence-corrected chi connectivity index (χ3v) is 5.37. The molecule has 0 amide bonds. The first kappa shape index (κ1) is 14.3. The van der Waals surface area contributed by atoms with Gasteiger partial charge in [-0.05, 0) is 21.5 Å². The van der Waals surface area contributed by atoms with Gasteiger partial charge in [0.15, 0.2) is 11.6 Å². The number of thiophene rings is 1. The Kier molecular flexibility index (Phi) is 3.39. The van der Waals surface area contributed by atoms with E-state index in [9.17, 15) is 0 Å². The highest BCUT2D eigenvalue weighted by Crippen LogP contribution is 2.43. The van der Waals surface area contributed by atoms with Crippen LogP contribution in [0.3, 0.4) is 0 Å². The van der Waals surface area contributed by atoms with Crippen LogP contribution >= 0.6 is 27.3 Å². The van der Waals surface area contributed by atoms with Crippen LogP contribution in [-0.4, -0.2) is 19.5 Å². The van der Waals surface area contributed by atoms with Crippen LogP contribution in [0.2, 0.25) is 0 Å². The molecule has 0 saturated carbocycles. The predicted octanol–water partition coefficient (Wildman–Crippen LogP) is 4.10. The zero-order valence-corrected chi connectivity index (χ0v) is 14.6. The summed E-state index contributed by atoms with van der Waals surface area (Å²) in [5.41, 5.74) is 8.39. The summed E-state index contributed by atoms with van der Waals surface area (Å²) in [5.74, 6) is 1.70. The number of imidazole rings is 1. The van der Waals surface area contributed by atoms with Crippen LogP contribution < -0.4 is 5.73 Å². The van der Waals surface area contributed by atoms with Gasteiger partial charge in [0.1, 0.15) is 10.6 Å². The van der Waals surface area contributed by atoms with Crippen LogP contribution in [0.4, 0.5) is 5.82 Å². The lowest BCUT2D eigenvalue weighted by Crippen LogP contribution is -2.00. The number of hydrogen-bond donors (Lipinski definition) is 1. The number of fused-ring (bicyclic) bond motifs is 1. The van der Waals surface area contributed by atoms with Crippen molar-refractivity contribution in [3.63, 3.8) is 0 Å². The SMILES string of the molecule is Cn1ccnc1-c1nc(N)c2c(-c3ccccc3)c(Br)sc2n1. The minimum Gasteiger partial charge on any atom is -0.383 e. The Balaban J connectivity index is 1.99. The monoisotopic (exact) mass is 385 g/mol. The minimum atomic E-state index is 0.466. The molecule has 2 N–H and O–H groups in total. The molecule has 0 aliphatic rings. The molecular formula is C16H12BrN5S. The number of anilines is 1. The van der Waals surface area contributed by atoms with Gasteiger partial charge in [-0.25, -0.2) is 15.0 Å². The number of rotatable bonds is 2. The molecule has 0 spiro atoms. The fourth-order valence-electron chi connectivity index (χ4n) is 2.54. The smallest absolute Gasteiger partial charge is 0.199 e. The van der Waals surface area contributed by atoms with Gasteiger partial charge in [-0.2, -0.15) is 0 Å². The van der Waals surface area contributed by atoms with E-state index in [4.69, 9.17) is 5.73 Å². The van der Waals surface area contributed by atoms with Crippen LogP contribution in [0.5, 0.6) is 0 Å². The molecule has 0 aliphatic heterocycles. The van der Waals surface area contributed by atoms with Crippen LogP contribution in [0, 0.1) is 0 Å². The van der Waals surface area contributed by atoms with Crippen molar-refractivity contribution >= 4 is 43.3 Å². The number of aromatic nitrogens is 4. The van der Waals surface area contributed by atoms with E-state index in [0.717, 1.165) is 25.1 Å². The fourth-order valence-corrected chi connectivity index (χ4v) is 4.36. The molecule has 0 aliphatic carbocycles. The normalized spacial score (nSPS) is 11.2. The Morgan fingerprint density at radius 2 is 1.96 bits per heavy atom. The Labute approximate surface area is 145 Å². The quantitative estimate of drug-likeness (QED) is 0.563. The molecule has 114 valence electrons. The van der Waals surface area contributed by atoms with Crippen molar-refractivity contribution < 1.29 is 0 Å². The van der Waals surface area contributed by atoms with E-state index in [-0.39, 0.29) is 0 Å². The summed E-state index contributed by atoms with van der Waals surface area (Å²) in [6.07, 6.45) is 3.58. The van der Waals surface area contributed by atoms with Crippen molar-refractivity contribution in [3.8, 4) is 22.8 Å². The van der Waals surface area contributed by atoms with Gasteiger partial charge in [-0.15, -0.1) is 11.3 Å². The number of aryl methyl sites for hydroxylation is 1. The van der Waals surface area contributed by atoms with E-state index >= 15 is 0 Å². The summed E-state index contributed by atoms with van der Waals surface area (Å²) in [6, 6.07) is 10.1. The van der Waals surface area contributed by atoms with Crippen molar-refractivity contribution in [2.24, 2.45) is 7.05 Å². The van der Waals surface area contributed by atoms with Gasteiger partial charge in [0.25, 0.3) is 0 Å². The number of nitrogen functional groups attached to an aromatic ring is 1. The van der Waals surface area contributed by atoms with Gasteiger partial charge in [0.2, 0.25) is 0 Å². The van der Waals surface area contributed by atoms with Crippen molar-refractivity contribution in [2.75, 3.05) is 5.73 Å². The molecule has 0 unspecified atom stereocenters. The first-order valence-electron chi connectivity index (χ1n) is 6.94. The summed E-state index contributed by atoms with van der Waals surface area (Å²) in [5, 5.41) is 0.881. The zero-order valence-electron chi connectivity index (χ0n) is 12.2. The zero-order chi connectivity index (χ0) is 16.0. The van der Waals surface area contributed by atoms with Gasteiger partial charge >= 0.3 is 0 Å². The van der Waals surface area contributed by atoms with Crippen molar-refractivity contribution in [3.05, 3.63) is 46.5 Å². The van der Waals surface area contributed by atoms with Crippen LogP contribution in [0.15, 0.2) is 46.5 Å². The lowest BCUT2D eigenvalue weighted by Gasteiger charge is -2.05. The summed E-state index contributed by atoms with van der Waals surface area (Å²) >= 11 is 5.20. The third kappa shape index (κ3) is 2.32. The number of halogens is 1. The molecule has 0 radical (unpaired) electrons. The molecule has 5 nitrogen and oxygen atoms in total. The maximum atomic E-state index is 6.26. The standard InChI is InChI=1S/C16H12BrN5S/c1-22-8-7-19-15(22)14-20-13(18)11-10(9-5-3-2-4-6-9)12(17)23-16(11)21-14/h2-8H,1H3,(H2,18,20,21). The molecule has 1 aromatic carbocycles. The molecule has 23 heavy (non-hydrogen) atoms. The molecule has 0 fully saturated rings. The second kappa shape index (κ2) is 5.43. The van der Waals surface area contributed by atoms with Gasteiger partial charge in [-0.3, -0.25) is 0 Å². The van der Waals surface area contributed by atoms with E-state index in [0.29, 0.717) is 17.5 Å². The van der Waals surface area contributed by atoms with Gasteiger partial charge < -0.3 is 10.3 Å². The second-order valence-electron chi connectivity index (χ2n) is 5.09. The Morgan fingerprint density at radius 3 is 2.65 bits per heavy atom. The van der Waals surface area contributed by atoms with Gasteiger partial charge in [0.05, 0.1) is 9.17 Å². The number of nitrogens with two attached hydrogens (primary N) is 1. The molecular weight excluding hydrogens is 374 g/mol. The summed E-state index contributed by atoms with van der Waals surface area (Å²) < 4.78 is 2.87. The second-order valence-corrected chi connectivity index (χ2v) is 7.41. The molecule has 0 saturated heterocycles. The molecule has 0 bridgehead atoms. The molecule has 0 atom stereocenters. The maximum absolute atomic E-state index is 6.26. The van der Waals surface area contributed by atoms with Crippen LogP contribution in [0.1, 0.15) is 0 Å².